The molecule has 12 rings (SSSR count). The number of benzene rings is 8. The molecule has 3 aliphatic rings. The van der Waals surface area contributed by atoms with Crippen LogP contribution in [0, 0.1) is 11.8 Å². The largest absolute Gasteiger partial charge is 0.135 e. The minimum atomic E-state index is -0.102. The van der Waals surface area contributed by atoms with Gasteiger partial charge in [0.05, 0.1) is 0 Å². The first kappa shape index (κ1) is 32.0. The first-order chi connectivity index (χ1) is 27.5. The van der Waals surface area contributed by atoms with E-state index in [1.54, 1.807) is 0 Å². The lowest BCUT2D eigenvalue weighted by atomic mass is 9.70. The van der Waals surface area contributed by atoms with E-state index in [-0.39, 0.29) is 17.3 Å². The van der Waals surface area contributed by atoms with E-state index in [4.69, 9.17) is 0 Å². The van der Waals surface area contributed by atoms with Crippen molar-refractivity contribution in [2.75, 3.05) is 0 Å². The summed E-state index contributed by atoms with van der Waals surface area (Å²) in [5.74, 6) is 0.530. The molecule has 8 aromatic carbocycles. The van der Waals surface area contributed by atoms with Crippen LogP contribution in [-0.4, -0.2) is 0 Å². The van der Waals surface area contributed by atoms with Crippen LogP contribution < -0.4 is 0 Å². The Morgan fingerprint density at radius 3 is 1.79 bits per heavy atom. The van der Waals surface area contributed by atoms with Gasteiger partial charge in [-0.2, -0.15) is 0 Å². The maximum absolute atomic E-state index is 2.51. The lowest BCUT2D eigenvalue weighted by molar-refractivity contribution is 0.661. The summed E-state index contributed by atoms with van der Waals surface area (Å²) in [5, 5.41) is 10.6. The van der Waals surface area contributed by atoms with E-state index in [1.165, 1.54) is 108 Å². The minimum Gasteiger partial charge on any atom is -0.135 e. The van der Waals surface area contributed by atoms with E-state index in [0.29, 0.717) is 0 Å². The number of hydrogen-bond acceptors (Lipinski definition) is 1. The smallest absolute Gasteiger partial charge is 0.0361 e. The van der Waals surface area contributed by atoms with E-state index in [0.717, 1.165) is 0 Å². The van der Waals surface area contributed by atoms with Crippen molar-refractivity contribution in [3.8, 4) is 22.3 Å². The molecule has 0 aliphatic heterocycles. The lowest BCUT2D eigenvalue weighted by Crippen LogP contribution is -2.19. The second-order valence-corrected chi connectivity index (χ2v) is 17.4. The Labute approximate surface area is 331 Å². The van der Waals surface area contributed by atoms with Crippen LogP contribution in [-0.2, 0) is 5.41 Å². The van der Waals surface area contributed by atoms with Crippen molar-refractivity contribution in [1.29, 1.82) is 0 Å². The summed E-state index contributed by atoms with van der Waals surface area (Å²) < 4.78 is 2.71. The van der Waals surface area contributed by atoms with E-state index in [2.05, 4.69) is 196 Å². The fourth-order valence-corrected chi connectivity index (χ4v) is 11.6. The van der Waals surface area contributed by atoms with Gasteiger partial charge < -0.3 is 0 Å². The van der Waals surface area contributed by atoms with Crippen molar-refractivity contribution < 1.29 is 0 Å². The van der Waals surface area contributed by atoms with Crippen LogP contribution in [0.1, 0.15) is 36.1 Å². The van der Waals surface area contributed by atoms with Crippen molar-refractivity contribution in [2.24, 2.45) is 11.8 Å². The molecule has 0 saturated heterocycles. The van der Waals surface area contributed by atoms with Crippen LogP contribution in [0.2, 0.25) is 0 Å². The van der Waals surface area contributed by atoms with Gasteiger partial charge in [0.2, 0.25) is 0 Å². The quantitative estimate of drug-likeness (QED) is 0.159. The number of thiophene rings is 1. The molecule has 1 heteroatoms. The topological polar surface area (TPSA) is 0 Å². The molecule has 0 fully saturated rings. The molecule has 1 heterocycles. The van der Waals surface area contributed by atoms with Crippen LogP contribution in [0.25, 0.3) is 85.9 Å². The molecule has 1 aromatic heterocycles. The highest BCUT2D eigenvalue weighted by molar-refractivity contribution is 7.26. The Kier molecular flexibility index (Phi) is 6.78. The summed E-state index contributed by atoms with van der Waals surface area (Å²) in [7, 11) is 0. The molecular weight excluding hydrogens is 693 g/mol. The zero-order chi connectivity index (χ0) is 37.1. The van der Waals surface area contributed by atoms with Crippen molar-refractivity contribution in [3.63, 3.8) is 0 Å². The Morgan fingerprint density at radius 1 is 0.446 bits per heavy atom. The summed E-state index contributed by atoms with van der Waals surface area (Å²) >= 11 is 1.90. The third kappa shape index (κ3) is 4.47. The predicted octanol–water partition coefficient (Wildman–Crippen LogP) is 15.3. The monoisotopic (exact) mass is 730 g/mol. The first-order valence-electron chi connectivity index (χ1n) is 19.8. The van der Waals surface area contributed by atoms with Gasteiger partial charge in [-0.25, -0.2) is 0 Å². The average molecular weight is 731 g/mol. The van der Waals surface area contributed by atoms with Gasteiger partial charge in [-0.1, -0.05) is 166 Å². The molecule has 3 aliphatic carbocycles. The third-order valence-electron chi connectivity index (χ3n) is 13.1. The number of hydrogen-bond donors (Lipinski definition) is 0. The molecular formula is C55H38S. The van der Waals surface area contributed by atoms with Crippen molar-refractivity contribution >= 4 is 75.0 Å². The predicted molar refractivity (Wildman–Crippen MR) is 243 cm³/mol. The van der Waals surface area contributed by atoms with Gasteiger partial charge in [0.1, 0.15) is 0 Å². The third-order valence-corrected chi connectivity index (χ3v) is 14.2. The zero-order valence-electron chi connectivity index (χ0n) is 31.4. The average Bonchev–Trinajstić information content (AvgIpc) is 3.73. The van der Waals surface area contributed by atoms with Gasteiger partial charge in [0, 0.05) is 37.4 Å². The van der Waals surface area contributed by atoms with Crippen molar-refractivity contribution in [3.05, 3.63) is 204 Å². The highest BCUT2D eigenvalue weighted by atomic mass is 32.1. The van der Waals surface area contributed by atoms with E-state index < -0.39 is 0 Å². The molecule has 264 valence electrons. The molecule has 0 amide bonds. The number of rotatable bonds is 3. The molecule has 2 atom stereocenters. The normalized spacial score (nSPS) is 18.0. The minimum absolute atomic E-state index is 0.102. The number of allylic oxidation sites excluding steroid dienone is 8. The molecule has 9 aromatic rings. The Hall–Kier alpha value is -6.28. The van der Waals surface area contributed by atoms with Crippen molar-refractivity contribution in [1.82, 2.24) is 0 Å². The van der Waals surface area contributed by atoms with Crippen LogP contribution in [0.5, 0.6) is 0 Å². The molecule has 56 heavy (non-hydrogen) atoms. The van der Waals surface area contributed by atoms with E-state index in [9.17, 15) is 0 Å². The van der Waals surface area contributed by atoms with Gasteiger partial charge in [-0.3, -0.25) is 0 Å². The van der Waals surface area contributed by atoms with E-state index >= 15 is 0 Å². The SMILES string of the molecule is CC1(C)c2ccc(-c3c4ccccc4c(C4=CC=C(c5ccccc5)C5C=CC=CC45)c4ccccc34)cc2-c2cc3c(ccc4sc5ccccc5c43)cc21. The fraction of sp³-hybridized carbons (Fsp3) is 0.0909. The first-order valence-corrected chi connectivity index (χ1v) is 20.7. The Morgan fingerprint density at radius 2 is 1.05 bits per heavy atom. The second-order valence-electron chi connectivity index (χ2n) is 16.3. The maximum atomic E-state index is 2.51. The van der Waals surface area contributed by atoms with Gasteiger partial charge >= 0.3 is 0 Å². The highest BCUT2D eigenvalue weighted by Gasteiger charge is 2.37. The Balaban J connectivity index is 1.09. The van der Waals surface area contributed by atoms with Crippen LogP contribution in [0.4, 0.5) is 0 Å². The Bertz CT molecular complexity index is 3210. The molecule has 0 radical (unpaired) electrons. The molecule has 0 bridgehead atoms. The van der Waals surface area contributed by atoms with E-state index in [1.807, 2.05) is 11.3 Å². The molecule has 0 saturated carbocycles. The highest BCUT2D eigenvalue weighted by Crippen LogP contribution is 2.54. The van der Waals surface area contributed by atoms with Gasteiger partial charge in [0.15, 0.2) is 0 Å². The summed E-state index contributed by atoms with van der Waals surface area (Å²) in [4.78, 5) is 0. The lowest BCUT2D eigenvalue weighted by Gasteiger charge is -2.33. The maximum Gasteiger partial charge on any atom is 0.0361 e. The summed E-state index contributed by atoms with van der Waals surface area (Å²) in [5.41, 5.74) is 13.4. The fourth-order valence-electron chi connectivity index (χ4n) is 10.5. The molecule has 0 spiro atoms. The number of fused-ring (bicyclic) bond motifs is 11. The molecule has 0 nitrogen and oxygen atoms in total. The standard InChI is InChI=1S/C55H38S/c1-55(2)48-28-24-35(30-46(48)47-32-45-34(31-49(47)55)25-29-51-54(45)44-22-12-13-23-50(44)56-51)52-39-18-8-10-20-41(39)53(42-21-11-9-19-40(42)52)43-27-26-36(33-14-4-3-5-15-33)37-16-6-7-17-38(37)43/h3-32,37-38H,1-2H3. The van der Waals surface area contributed by atoms with Crippen LogP contribution >= 0.6 is 11.3 Å². The van der Waals surface area contributed by atoms with Gasteiger partial charge in [0.25, 0.3) is 0 Å². The van der Waals surface area contributed by atoms with Gasteiger partial charge in [-0.05, 0) is 118 Å². The van der Waals surface area contributed by atoms with Crippen LogP contribution in [0.15, 0.2) is 182 Å². The van der Waals surface area contributed by atoms with Crippen LogP contribution in [0.3, 0.4) is 0 Å². The summed E-state index contributed by atoms with van der Waals surface area (Å²) in [6, 6.07) is 55.0. The molecule has 2 unspecified atom stereocenters. The van der Waals surface area contributed by atoms with Crippen molar-refractivity contribution in [2.45, 2.75) is 19.3 Å². The van der Waals surface area contributed by atoms with Gasteiger partial charge in [-0.15, -0.1) is 11.3 Å². The summed E-state index contributed by atoms with van der Waals surface area (Å²) in [6.45, 7) is 4.80. The second kappa shape index (κ2) is 11.9. The summed E-state index contributed by atoms with van der Waals surface area (Å²) in [6.07, 6.45) is 14.1. The molecule has 0 N–H and O–H groups in total. The zero-order valence-corrected chi connectivity index (χ0v) is 32.2.